The van der Waals surface area contributed by atoms with Gasteiger partial charge in [-0.3, -0.25) is 4.55 Å². The third-order valence-corrected chi connectivity index (χ3v) is 4.29. The van der Waals surface area contributed by atoms with Gasteiger partial charge in [0, 0.05) is 0 Å². The van der Waals surface area contributed by atoms with E-state index < -0.39 is 21.0 Å². The normalized spacial score (nSPS) is 14.4. The molecule has 1 rings (SSSR count). The fraction of sp³-hybridized carbons (Fsp3) is 0.647. The number of methoxy groups -OCH3 is 1. The van der Waals surface area contributed by atoms with Crippen molar-refractivity contribution in [2.45, 2.75) is 58.8 Å². The van der Waals surface area contributed by atoms with Crippen molar-refractivity contribution in [2.75, 3.05) is 7.11 Å². The van der Waals surface area contributed by atoms with E-state index >= 15 is 0 Å². The third kappa shape index (κ3) is 6.39. The van der Waals surface area contributed by atoms with Crippen LogP contribution >= 0.6 is 0 Å². The predicted molar refractivity (Wildman–Crippen MR) is 91.7 cm³/mol. The van der Waals surface area contributed by atoms with Crippen LogP contribution < -0.4 is 9.47 Å². The SMILES string of the molecule is COc1cc(C(CC(C)(C)C)S(=O)(=O)O)ccc1OC(C)(C)C. The van der Waals surface area contributed by atoms with E-state index in [1.807, 2.05) is 41.5 Å². The van der Waals surface area contributed by atoms with Gasteiger partial charge < -0.3 is 9.47 Å². The molecule has 1 atom stereocenters. The second-order valence-electron chi connectivity index (χ2n) is 7.89. The molecule has 0 fully saturated rings. The maximum Gasteiger partial charge on any atom is 0.272 e. The molecule has 0 aliphatic heterocycles. The van der Waals surface area contributed by atoms with Crippen LogP contribution in [-0.2, 0) is 10.1 Å². The first kappa shape index (κ1) is 19.8. The van der Waals surface area contributed by atoms with E-state index in [-0.39, 0.29) is 5.41 Å². The first-order valence-electron chi connectivity index (χ1n) is 7.56. The number of benzene rings is 1. The summed E-state index contributed by atoms with van der Waals surface area (Å²) in [6.45, 7) is 11.5. The maximum atomic E-state index is 11.8. The lowest BCUT2D eigenvalue weighted by Gasteiger charge is -2.26. The van der Waals surface area contributed by atoms with Crippen LogP contribution in [0.4, 0.5) is 0 Å². The minimum atomic E-state index is -4.22. The highest BCUT2D eigenvalue weighted by Gasteiger charge is 2.31. The molecule has 5 nitrogen and oxygen atoms in total. The standard InChI is InChI=1S/C17H28O5S/c1-16(2,3)11-15(23(18,19)20)12-8-9-13(14(10-12)21-7)22-17(4,5)6/h8-10,15H,11H2,1-7H3,(H,18,19,20). The zero-order chi connectivity index (χ0) is 18.1. The average molecular weight is 344 g/mol. The van der Waals surface area contributed by atoms with Gasteiger partial charge >= 0.3 is 0 Å². The van der Waals surface area contributed by atoms with Crippen LogP contribution in [0, 0.1) is 5.41 Å². The zero-order valence-corrected chi connectivity index (χ0v) is 15.8. The molecule has 1 aromatic rings. The van der Waals surface area contributed by atoms with Crippen molar-refractivity contribution in [3.05, 3.63) is 23.8 Å². The van der Waals surface area contributed by atoms with Gasteiger partial charge in [0.15, 0.2) is 11.5 Å². The molecular formula is C17H28O5S. The molecule has 0 saturated heterocycles. The first-order valence-corrected chi connectivity index (χ1v) is 9.06. The summed E-state index contributed by atoms with van der Waals surface area (Å²) >= 11 is 0. The van der Waals surface area contributed by atoms with Crippen LogP contribution in [0.2, 0.25) is 0 Å². The molecule has 0 radical (unpaired) electrons. The highest BCUT2D eigenvalue weighted by molar-refractivity contribution is 7.86. The average Bonchev–Trinajstić information content (AvgIpc) is 2.32. The molecule has 0 amide bonds. The molecule has 132 valence electrons. The Kier molecular flexibility index (Phi) is 5.75. The van der Waals surface area contributed by atoms with Gasteiger partial charge in [-0.1, -0.05) is 26.8 Å². The van der Waals surface area contributed by atoms with Gasteiger partial charge in [0.2, 0.25) is 0 Å². The summed E-state index contributed by atoms with van der Waals surface area (Å²) in [5.74, 6) is 0.980. The second kappa shape index (κ2) is 6.69. The fourth-order valence-corrected chi connectivity index (χ4v) is 3.45. The van der Waals surface area contributed by atoms with E-state index in [4.69, 9.17) is 9.47 Å². The smallest absolute Gasteiger partial charge is 0.272 e. The highest BCUT2D eigenvalue weighted by Crippen LogP contribution is 2.39. The fourth-order valence-electron chi connectivity index (χ4n) is 2.25. The molecule has 0 aliphatic carbocycles. The molecule has 0 spiro atoms. The molecule has 1 unspecified atom stereocenters. The van der Waals surface area contributed by atoms with E-state index in [2.05, 4.69) is 0 Å². The summed E-state index contributed by atoms with van der Waals surface area (Å²) in [7, 11) is -2.72. The summed E-state index contributed by atoms with van der Waals surface area (Å²) in [4.78, 5) is 0. The van der Waals surface area contributed by atoms with Gasteiger partial charge in [0.05, 0.1) is 7.11 Å². The lowest BCUT2D eigenvalue weighted by Crippen LogP contribution is -2.23. The van der Waals surface area contributed by atoms with Crippen LogP contribution in [0.5, 0.6) is 11.5 Å². The Hall–Kier alpha value is -1.27. The van der Waals surface area contributed by atoms with Crippen molar-refractivity contribution in [3.8, 4) is 11.5 Å². The summed E-state index contributed by atoms with van der Waals surface area (Å²) in [5.41, 5.74) is -0.169. The van der Waals surface area contributed by atoms with Crippen LogP contribution in [0.1, 0.15) is 58.8 Å². The number of hydrogen-bond donors (Lipinski definition) is 1. The van der Waals surface area contributed by atoms with E-state index in [0.717, 1.165) is 0 Å². The van der Waals surface area contributed by atoms with Crippen molar-refractivity contribution in [1.82, 2.24) is 0 Å². The van der Waals surface area contributed by atoms with E-state index in [0.29, 0.717) is 23.5 Å². The molecule has 0 aliphatic rings. The molecular weight excluding hydrogens is 316 g/mol. The van der Waals surface area contributed by atoms with E-state index in [9.17, 15) is 13.0 Å². The summed E-state index contributed by atoms with van der Waals surface area (Å²) < 4.78 is 44.4. The van der Waals surface area contributed by atoms with Crippen molar-refractivity contribution >= 4 is 10.1 Å². The monoisotopic (exact) mass is 344 g/mol. The molecule has 1 aromatic carbocycles. The highest BCUT2D eigenvalue weighted by atomic mass is 32.2. The predicted octanol–water partition coefficient (Wildman–Crippen LogP) is 4.24. The minimum Gasteiger partial charge on any atom is -0.493 e. The molecule has 0 heterocycles. The first-order chi connectivity index (χ1) is 10.2. The summed E-state index contributed by atoms with van der Waals surface area (Å²) in [6, 6.07) is 4.96. The van der Waals surface area contributed by atoms with E-state index in [1.54, 1.807) is 18.2 Å². The lowest BCUT2D eigenvalue weighted by molar-refractivity contribution is 0.125. The Morgan fingerprint density at radius 2 is 1.65 bits per heavy atom. The number of ether oxygens (including phenoxy) is 2. The maximum absolute atomic E-state index is 11.8. The minimum absolute atomic E-state index is 0.256. The quantitative estimate of drug-likeness (QED) is 0.809. The number of hydrogen-bond acceptors (Lipinski definition) is 4. The van der Waals surface area contributed by atoms with Crippen LogP contribution in [0.15, 0.2) is 18.2 Å². The second-order valence-corrected chi connectivity index (χ2v) is 9.49. The Balaban J connectivity index is 3.29. The Morgan fingerprint density at radius 3 is 2.04 bits per heavy atom. The van der Waals surface area contributed by atoms with Crippen molar-refractivity contribution < 1.29 is 22.4 Å². The van der Waals surface area contributed by atoms with Crippen LogP contribution in [0.3, 0.4) is 0 Å². The summed E-state index contributed by atoms with van der Waals surface area (Å²) in [5, 5.41) is -1.000. The van der Waals surface area contributed by atoms with Gasteiger partial charge in [-0.25, -0.2) is 0 Å². The Labute approximate surface area is 139 Å². The molecule has 0 aromatic heterocycles. The molecule has 0 saturated carbocycles. The Morgan fingerprint density at radius 1 is 1.09 bits per heavy atom. The van der Waals surface area contributed by atoms with Crippen LogP contribution in [0.25, 0.3) is 0 Å². The molecule has 23 heavy (non-hydrogen) atoms. The van der Waals surface area contributed by atoms with Gasteiger partial charge in [0.1, 0.15) is 10.9 Å². The van der Waals surface area contributed by atoms with Gasteiger partial charge in [-0.15, -0.1) is 0 Å². The molecule has 1 N–H and O–H groups in total. The Bertz CT molecular complexity index is 636. The molecule has 6 heteroatoms. The lowest BCUT2D eigenvalue weighted by atomic mass is 9.88. The summed E-state index contributed by atoms with van der Waals surface area (Å²) in [6.07, 6.45) is 0.300. The van der Waals surface area contributed by atoms with Crippen molar-refractivity contribution in [1.29, 1.82) is 0 Å². The topological polar surface area (TPSA) is 72.8 Å². The van der Waals surface area contributed by atoms with E-state index in [1.165, 1.54) is 7.11 Å². The largest absolute Gasteiger partial charge is 0.493 e. The van der Waals surface area contributed by atoms with Crippen molar-refractivity contribution in [2.24, 2.45) is 5.41 Å². The zero-order valence-electron chi connectivity index (χ0n) is 15.0. The van der Waals surface area contributed by atoms with Gasteiger partial charge in [-0.05, 0) is 50.3 Å². The van der Waals surface area contributed by atoms with Gasteiger partial charge in [-0.2, -0.15) is 8.42 Å². The number of rotatable bonds is 5. The van der Waals surface area contributed by atoms with Crippen LogP contribution in [-0.4, -0.2) is 25.7 Å². The van der Waals surface area contributed by atoms with Gasteiger partial charge in [0.25, 0.3) is 10.1 Å². The third-order valence-electron chi connectivity index (χ3n) is 3.13. The van der Waals surface area contributed by atoms with Crippen molar-refractivity contribution in [3.63, 3.8) is 0 Å². The molecule has 0 bridgehead atoms.